The maximum Gasteiger partial charge on any atom is 0.333 e. The van der Waals surface area contributed by atoms with Crippen LogP contribution < -0.4 is 14.2 Å². The van der Waals surface area contributed by atoms with Crippen LogP contribution in [0.25, 0.3) is 11.0 Å². The molecule has 6 nitrogen and oxygen atoms in total. The Morgan fingerprint density at radius 2 is 1.59 bits per heavy atom. The number of rotatable bonds is 6. The first-order chi connectivity index (χ1) is 12.9. The average Bonchev–Trinajstić information content (AvgIpc) is 2.66. The number of carbonyl (C=O) groups excluding carboxylic acids is 1. The fourth-order valence-electron chi connectivity index (χ4n) is 2.86. The molecule has 6 heteroatoms. The van der Waals surface area contributed by atoms with Gasteiger partial charge >= 0.3 is 5.69 Å². The molecule has 27 heavy (non-hydrogen) atoms. The summed E-state index contributed by atoms with van der Waals surface area (Å²) in [5, 5.41) is 25.2. The molecule has 1 aromatic heterocycles. The largest absolute Gasteiger partial charge is 0.618 e. The molecule has 0 aliphatic carbocycles. The van der Waals surface area contributed by atoms with Gasteiger partial charge in [-0.15, -0.1) is 0 Å². The number of ether oxygens (including phenoxy) is 1. The van der Waals surface area contributed by atoms with E-state index >= 15 is 0 Å². The molecule has 1 heterocycles. The molecule has 0 saturated heterocycles. The molecule has 0 fully saturated rings. The highest BCUT2D eigenvalue weighted by atomic mass is 16.5. The Bertz CT molecular complexity index is 982. The highest BCUT2D eigenvalue weighted by Gasteiger charge is 2.31. The molecule has 0 bridgehead atoms. The van der Waals surface area contributed by atoms with Gasteiger partial charge in [0.05, 0.1) is 6.61 Å². The first kappa shape index (κ1) is 18.6. The number of para-hydroxylation sites is 2. The maximum atomic E-state index is 12.9. The van der Waals surface area contributed by atoms with Crippen molar-refractivity contribution in [3.8, 4) is 5.75 Å². The minimum absolute atomic E-state index is 0.0750. The molecule has 0 spiro atoms. The number of carbonyl (C=O) groups is 1. The van der Waals surface area contributed by atoms with Gasteiger partial charge in [-0.05, 0) is 36.6 Å². The molecule has 0 saturated carbocycles. The Morgan fingerprint density at radius 3 is 2.19 bits per heavy atom. The van der Waals surface area contributed by atoms with Crippen LogP contribution in [0.2, 0.25) is 0 Å². The Hall–Kier alpha value is -3.15. The number of hydrogen-bond acceptors (Lipinski definition) is 4. The summed E-state index contributed by atoms with van der Waals surface area (Å²) in [4.78, 5) is 12.9. The second-order valence-electron chi connectivity index (χ2n) is 6.90. The zero-order valence-corrected chi connectivity index (χ0v) is 15.6. The van der Waals surface area contributed by atoms with Crippen LogP contribution in [0.1, 0.15) is 42.0 Å². The lowest BCUT2D eigenvalue weighted by Gasteiger charge is -2.11. The fraction of sp³-hybridized carbons (Fsp3) is 0.286. The van der Waals surface area contributed by atoms with Gasteiger partial charge in [0.1, 0.15) is 5.75 Å². The molecule has 3 aromatic rings. The zero-order valence-electron chi connectivity index (χ0n) is 15.6. The molecule has 3 rings (SSSR count). The summed E-state index contributed by atoms with van der Waals surface area (Å²) in [6.45, 7) is 6.32. The van der Waals surface area contributed by atoms with Gasteiger partial charge in [-0.3, -0.25) is 4.79 Å². The van der Waals surface area contributed by atoms with E-state index in [0.717, 1.165) is 6.42 Å². The molecular weight excluding hydrogens is 344 g/mol. The van der Waals surface area contributed by atoms with Crippen molar-refractivity contribution >= 4 is 16.8 Å². The smallest absolute Gasteiger partial charge is 0.333 e. The summed E-state index contributed by atoms with van der Waals surface area (Å²) in [6, 6.07) is 13.0. The lowest BCUT2D eigenvalue weighted by molar-refractivity contribution is -0.635. The summed E-state index contributed by atoms with van der Waals surface area (Å²) in [6.07, 6.45) is 0.941. The van der Waals surface area contributed by atoms with E-state index in [1.54, 1.807) is 42.5 Å². The monoisotopic (exact) mass is 366 g/mol. The topological polar surface area (TPSA) is 80.2 Å². The van der Waals surface area contributed by atoms with Crippen LogP contribution in [0.5, 0.6) is 5.75 Å². The Balaban J connectivity index is 1.92. The SMILES string of the molecule is Cc1c(C(=O)c2ccc(OCCC(C)C)cc2)[n+]([O-])c2ccccc2[n+]1[O-]. The summed E-state index contributed by atoms with van der Waals surface area (Å²) in [7, 11) is 0. The van der Waals surface area contributed by atoms with Crippen molar-refractivity contribution in [1.29, 1.82) is 0 Å². The Labute approximate surface area is 157 Å². The van der Waals surface area contributed by atoms with Crippen LogP contribution in [0.3, 0.4) is 0 Å². The van der Waals surface area contributed by atoms with Crippen molar-refractivity contribution in [2.24, 2.45) is 5.92 Å². The van der Waals surface area contributed by atoms with E-state index in [4.69, 9.17) is 4.74 Å². The predicted molar refractivity (Wildman–Crippen MR) is 101 cm³/mol. The van der Waals surface area contributed by atoms with Gasteiger partial charge in [0.15, 0.2) is 0 Å². The standard InChI is InChI=1S/C21H22N2O4/c1-14(2)12-13-27-17-10-8-16(9-11-17)21(24)20-15(3)22(25)18-6-4-5-7-19(18)23(20)26/h4-11,14H,12-13H2,1-3H3. The van der Waals surface area contributed by atoms with E-state index in [1.165, 1.54) is 13.0 Å². The van der Waals surface area contributed by atoms with Gasteiger partial charge in [0.25, 0.3) is 22.5 Å². The lowest BCUT2D eigenvalue weighted by Crippen LogP contribution is -2.46. The maximum absolute atomic E-state index is 12.9. The lowest BCUT2D eigenvalue weighted by atomic mass is 10.1. The Morgan fingerprint density at radius 1 is 1.00 bits per heavy atom. The van der Waals surface area contributed by atoms with E-state index in [0.29, 0.717) is 33.3 Å². The summed E-state index contributed by atoms with van der Waals surface area (Å²) < 4.78 is 6.81. The van der Waals surface area contributed by atoms with Crippen LogP contribution in [0, 0.1) is 23.3 Å². The molecule has 0 radical (unpaired) electrons. The van der Waals surface area contributed by atoms with Gasteiger partial charge in [0, 0.05) is 24.6 Å². The zero-order chi connectivity index (χ0) is 19.6. The molecule has 2 aromatic carbocycles. The van der Waals surface area contributed by atoms with E-state index in [1.807, 2.05) is 0 Å². The molecular formula is C21H22N2O4. The Kier molecular flexibility index (Phi) is 5.26. The van der Waals surface area contributed by atoms with Crippen molar-refractivity contribution < 1.29 is 19.0 Å². The van der Waals surface area contributed by atoms with E-state index in [9.17, 15) is 15.2 Å². The number of ketones is 1. The van der Waals surface area contributed by atoms with E-state index in [-0.39, 0.29) is 22.4 Å². The van der Waals surface area contributed by atoms with Crippen LogP contribution in [-0.4, -0.2) is 12.4 Å². The summed E-state index contributed by atoms with van der Waals surface area (Å²) in [5.74, 6) is 0.718. The fourth-order valence-corrected chi connectivity index (χ4v) is 2.86. The highest BCUT2D eigenvalue weighted by Crippen LogP contribution is 2.17. The molecule has 0 aliphatic heterocycles. The summed E-state index contributed by atoms with van der Waals surface area (Å²) in [5.41, 5.74) is 0.628. The molecule has 140 valence electrons. The first-order valence-corrected chi connectivity index (χ1v) is 8.92. The average molecular weight is 366 g/mol. The van der Waals surface area contributed by atoms with Crippen molar-refractivity contribution in [3.05, 3.63) is 75.9 Å². The van der Waals surface area contributed by atoms with Gasteiger partial charge in [-0.2, -0.15) is 9.46 Å². The minimum Gasteiger partial charge on any atom is -0.618 e. The number of aromatic nitrogens is 2. The van der Waals surface area contributed by atoms with Gasteiger partial charge in [-0.1, -0.05) is 26.0 Å². The number of hydrogen-bond donors (Lipinski definition) is 0. The predicted octanol–water partition coefficient (Wildman–Crippen LogP) is 3.07. The number of nitrogens with zero attached hydrogens (tertiary/aromatic N) is 2. The third-order valence-corrected chi connectivity index (χ3v) is 4.47. The van der Waals surface area contributed by atoms with Gasteiger partial charge < -0.3 is 15.2 Å². The van der Waals surface area contributed by atoms with Crippen LogP contribution in [0.4, 0.5) is 0 Å². The van der Waals surface area contributed by atoms with Crippen molar-refractivity contribution in [1.82, 2.24) is 0 Å². The van der Waals surface area contributed by atoms with Gasteiger partial charge in [0.2, 0.25) is 0 Å². The van der Waals surface area contributed by atoms with Crippen LogP contribution in [-0.2, 0) is 0 Å². The second kappa shape index (κ2) is 7.61. The molecule has 0 aliphatic rings. The van der Waals surface area contributed by atoms with Gasteiger partial charge in [-0.25, -0.2) is 0 Å². The van der Waals surface area contributed by atoms with Crippen molar-refractivity contribution in [2.45, 2.75) is 27.2 Å². The number of fused-ring (bicyclic) bond motifs is 1. The van der Waals surface area contributed by atoms with Crippen molar-refractivity contribution in [2.75, 3.05) is 6.61 Å². The second-order valence-corrected chi connectivity index (χ2v) is 6.90. The van der Waals surface area contributed by atoms with Crippen LogP contribution in [0.15, 0.2) is 48.5 Å². The highest BCUT2D eigenvalue weighted by molar-refractivity contribution is 6.07. The summed E-state index contributed by atoms with van der Waals surface area (Å²) >= 11 is 0. The molecule has 0 atom stereocenters. The molecule has 0 amide bonds. The van der Waals surface area contributed by atoms with E-state index in [2.05, 4.69) is 13.8 Å². The third-order valence-electron chi connectivity index (χ3n) is 4.47. The quantitative estimate of drug-likeness (QED) is 0.381. The van der Waals surface area contributed by atoms with Crippen LogP contribution >= 0.6 is 0 Å². The molecule has 0 unspecified atom stereocenters. The van der Waals surface area contributed by atoms with Crippen molar-refractivity contribution in [3.63, 3.8) is 0 Å². The first-order valence-electron chi connectivity index (χ1n) is 8.92. The van der Waals surface area contributed by atoms with E-state index < -0.39 is 5.78 Å². The normalized spacial score (nSPS) is 11.1. The number of benzene rings is 2. The minimum atomic E-state index is -0.494. The third kappa shape index (κ3) is 3.69. The molecule has 0 N–H and O–H groups in total.